The highest BCUT2D eigenvalue weighted by molar-refractivity contribution is 7.77. The van der Waals surface area contributed by atoms with Crippen LogP contribution in [0.3, 0.4) is 0 Å². The van der Waals surface area contributed by atoms with E-state index in [2.05, 4.69) is 108 Å². The SMILES string of the molecule is CC(C1=C(P(c2ccccc2)c2ccccc2)C=CC1)n1cc[n+](C2CCCCC2)c1. The van der Waals surface area contributed by atoms with Crippen LogP contribution in [-0.4, -0.2) is 4.57 Å². The van der Waals surface area contributed by atoms with Crippen molar-refractivity contribution in [2.45, 2.75) is 57.5 Å². The van der Waals surface area contributed by atoms with Gasteiger partial charge in [0.25, 0.3) is 0 Å². The molecule has 0 spiro atoms. The fraction of sp³-hybridized carbons (Fsp3) is 0.321. The zero-order valence-electron chi connectivity index (χ0n) is 18.4. The summed E-state index contributed by atoms with van der Waals surface area (Å²) in [5, 5.41) is 4.39. The first kappa shape index (κ1) is 20.5. The van der Waals surface area contributed by atoms with Gasteiger partial charge in [0.2, 0.25) is 6.33 Å². The van der Waals surface area contributed by atoms with Crippen molar-refractivity contribution in [2.75, 3.05) is 0 Å². The summed E-state index contributed by atoms with van der Waals surface area (Å²) in [6.07, 6.45) is 19.6. The number of hydrogen-bond donors (Lipinski definition) is 0. The summed E-state index contributed by atoms with van der Waals surface area (Å²) in [7, 11) is -0.547. The number of nitrogens with zero attached hydrogens (tertiary/aromatic N) is 2. The van der Waals surface area contributed by atoms with Gasteiger partial charge in [0.05, 0.1) is 0 Å². The van der Waals surface area contributed by atoms with Gasteiger partial charge < -0.3 is 0 Å². The van der Waals surface area contributed by atoms with Crippen LogP contribution in [-0.2, 0) is 0 Å². The van der Waals surface area contributed by atoms with Gasteiger partial charge in [-0.05, 0) is 68.4 Å². The summed E-state index contributed by atoms with van der Waals surface area (Å²) in [6.45, 7) is 2.37. The van der Waals surface area contributed by atoms with Crippen molar-refractivity contribution >= 4 is 18.5 Å². The van der Waals surface area contributed by atoms with Gasteiger partial charge in [-0.15, -0.1) is 0 Å². The topological polar surface area (TPSA) is 8.81 Å². The second-order valence-electron chi connectivity index (χ2n) is 8.80. The molecule has 0 radical (unpaired) electrons. The van der Waals surface area contributed by atoms with Crippen molar-refractivity contribution < 1.29 is 4.57 Å². The molecule has 0 bridgehead atoms. The number of allylic oxidation sites excluding steroid dienone is 4. The molecule has 2 nitrogen and oxygen atoms in total. The standard InChI is InChI=1S/C28H32N2P/c1-23(29-20-21-30(22-29)24-12-5-2-6-13-24)27-18-11-19-28(27)31(25-14-7-3-8-15-25)26-16-9-4-10-17-26/h3-4,7-11,14-17,19-24H,2,5-6,12-13,18H2,1H3/q+1. The van der Waals surface area contributed by atoms with Gasteiger partial charge in [-0.3, -0.25) is 0 Å². The van der Waals surface area contributed by atoms with E-state index in [1.165, 1.54) is 48.0 Å². The van der Waals surface area contributed by atoms with Crippen LogP contribution in [0.15, 0.2) is 102 Å². The fourth-order valence-electron chi connectivity index (χ4n) is 5.08. The summed E-state index contributed by atoms with van der Waals surface area (Å²) in [4.78, 5) is 0. The van der Waals surface area contributed by atoms with E-state index in [4.69, 9.17) is 0 Å². The van der Waals surface area contributed by atoms with Crippen molar-refractivity contribution in [2.24, 2.45) is 0 Å². The largest absolute Gasteiger partial charge is 0.244 e. The Kier molecular flexibility index (Phi) is 6.18. The Hall–Kier alpha value is -2.44. The number of hydrogen-bond acceptors (Lipinski definition) is 0. The van der Waals surface area contributed by atoms with E-state index in [0.29, 0.717) is 12.1 Å². The molecule has 0 aliphatic heterocycles. The van der Waals surface area contributed by atoms with Crippen LogP contribution in [0.4, 0.5) is 0 Å². The first-order valence-corrected chi connectivity index (χ1v) is 13.0. The normalized spacial score (nSPS) is 18.1. The highest BCUT2D eigenvalue weighted by Gasteiger charge is 2.28. The van der Waals surface area contributed by atoms with Crippen molar-refractivity contribution in [3.63, 3.8) is 0 Å². The number of rotatable bonds is 6. The summed E-state index contributed by atoms with van der Waals surface area (Å²) >= 11 is 0. The van der Waals surface area contributed by atoms with Crippen LogP contribution in [0.5, 0.6) is 0 Å². The number of imidazole rings is 1. The molecule has 31 heavy (non-hydrogen) atoms. The molecule has 1 heterocycles. The van der Waals surface area contributed by atoms with Gasteiger partial charge in [-0.1, -0.05) is 79.2 Å². The third-order valence-electron chi connectivity index (χ3n) is 6.84. The zero-order valence-corrected chi connectivity index (χ0v) is 19.3. The van der Waals surface area contributed by atoms with E-state index in [1.807, 2.05) is 0 Å². The molecule has 2 aliphatic carbocycles. The molecule has 1 atom stereocenters. The van der Waals surface area contributed by atoms with Crippen LogP contribution in [0.1, 0.15) is 57.5 Å². The van der Waals surface area contributed by atoms with E-state index in [9.17, 15) is 0 Å². The van der Waals surface area contributed by atoms with Crippen LogP contribution < -0.4 is 15.2 Å². The van der Waals surface area contributed by atoms with Gasteiger partial charge in [0, 0.05) is 0 Å². The Bertz CT molecular complexity index is 1020. The van der Waals surface area contributed by atoms with Crippen molar-refractivity contribution in [3.05, 3.63) is 102 Å². The molecule has 1 saturated carbocycles. The summed E-state index contributed by atoms with van der Waals surface area (Å²) in [5.74, 6) is 0. The van der Waals surface area contributed by atoms with Crippen LogP contribution in [0.2, 0.25) is 0 Å². The molecular weight excluding hydrogens is 395 g/mol. The average Bonchev–Trinajstić information content (AvgIpc) is 3.52. The minimum Gasteiger partial charge on any atom is -0.234 e. The fourth-order valence-corrected chi connectivity index (χ4v) is 7.70. The monoisotopic (exact) mass is 427 g/mol. The lowest BCUT2D eigenvalue weighted by Gasteiger charge is -2.23. The highest BCUT2D eigenvalue weighted by Crippen LogP contribution is 2.50. The molecule has 1 fully saturated rings. The molecular formula is C28H32N2P+. The van der Waals surface area contributed by atoms with E-state index < -0.39 is 7.92 Å². The van der Waals surface area contributed by atoms with Crippen LogP contribution in [0, 0.1) is 0 Å². The smallest absolute Gasteiger partial charge is 0.234 e. The molecule has 2 aromatic carbocycles. The van der Waals surface area contributed by atoms with E-state index >= 15 is 0 Å². The molecule has 158 valence electrons. The lowest BCUT2D eigenvalue weighted by atomic mass is 9.95. The maximum absolute atomic E-state index is 2.47. The van der Waals surface area contributed by atoms with Crippen molar-refractivity contribution in [3.8, 4) is 0 Å². The number of aromatic nitrogens is 2. The molecule has 0 saturated heterocycles. The molecule has 3 aromatic rings. The quantitative estimate of drug-likeness (QED) is 0.328. The maximum atomic E-state index is 2.47. The molecule has 0 amide bonds. The van der Waals surface area contributed by atoms with E-state index in [1.54, 1.807) is 5.57 Å². The Morgan fingerprint density at radius 3 is 2.19 bits per heavy atom. The lowest BCUT2D eigenvalue weighted by molar-refractivity contribution is -0.725. The summed E-state index contributed by atoms with van der Waals surface area (Å²) < 4.78 is 4.90. The minimum atomic E-state index is -0.547. The molecule has 2 aliphatic rings. The Labute approximate surface area is 187 Å². The van der Waals surface area contributed by atoms with Crippen LogP contribution >= 0.6 is 7.92 Å². The second-order valence-corrected chi connectivity index (χ2v) is 11.0. The van der Waals surface area contributed by atoms with E-state index in [-0.39, 0.29) is 0 Å². The minimum absolute atomic E-state index is 0.368. The average molecular weight is 428 g/mol. The Morgan fingerprint density at radius 2 is 1.55 bits per heavy atom. The van der Waals surface area contributed by atoms with Gasteiger partial charge in [0.15, 0.2) is 0 Å². The van der Waals surface area contributed by atoms with E-state index in [0.717, 1.165) is 6.42 Å². The first-order valence-electron chi connectivity index (χ1n) is 11.7. The molecule has 1 unspecified atom stereocenters. The first-order chi connectivity index (χ1) is 15.3. The lowest BCUT2D eigenvalue weighted by Crippen LogP contribution is -2.38. The predicted molar refractivity (Wildman–Crippen MR) is 131 cm³/mol. The maximum Gasteiger partial charge on any atom is 0.244 e. The Morgan fingerprint density at radius 1 is 0.903 bits per heavy atom. The summed E-state index contributed by atoms with van der Waals surface area (Å²) in [5.41, 5.74) is 1.56. The summed E-state index contributed by atoms with van der Waals surface area (Å²) in [6, 6.07) is 23.2. The van der Waals surface area contributed by atoms with Gasteiger partial charge in [-0.2, -0.15) is 0 Å². The highest BCUT2D eigenvalue weighted by atomic mass is 31.1. The molecule has 3 heteroatoms. The second kappa shape index (κ2) is 9.37. The van der Waals surface area contributed by atoms with Gasteiger partial charge >= 0.3 is 0 Å². The predicted octanol–water partition coefficient (Wildman–Crippen LogP) is 6.19. The third kappa shape index (κ3) is 4.32. The van der Waals surface area contributed by atoms with Gasteiger partial charge in [-0.25, -0.2) is 9.13 Å². The zero-order chi connectivity index (χ0) is 21.0. The molecule has 1 aromatic heterocycles. The molecule has 5 rings (SSSR count). The van der Waals surface area contributed by atoms with Crippen molar-refractivity contribution in [1.82, 2.24) is 4.57 Å². The Balaban J connectivity index is 1.50. The van der Waals surface area contributed by atoms with Gasteiger partial charge in [0.1, 0.15) is 24.5 Å². The van der Waals surface area contributed by atoms with Crippen LogP contribution in [0.25, 0.3) is 0 Å². The number of benzene rings is 2. The molecule has 0 N–H and O–H groups in total. The van der Waals surface area contributed by atoms with Crippen molar-refractivity contribution in [1.29, 1.82) is 0 Å². The third-order valence-corrected chi connectivity index (χ3v) is 9.38.